The third kappa shape index (κ3) is 4.63. The summed E-state index contributed by atoms with van der Waals surface area (Å²) < 4.78 is 0.824. The molecule has 3 rings (SSSR count). The number of hydrogen-bond donors (Lipinski definition) is 1. The highest BCUT2D eigenvalue weighted by atomic mass is 32.2. The van der Waals surface area contributed by atoms with Crippen LogP contribution in [0.5, 0.6) is 0 Å². The highest BCUT2D eigenvalue weighted by Crippen LogP contribution is 2.28. The van der Waals surface area contributed by atoms with Crippen LogP contribution in [0.25, 0.3) is 0 Å². The molecule has 0 bridgehead atoms. The van der Waals surface area contributed by atoms with Gasteiger partial charge >= 0.3 is 0 Å². The van der Waals surface area contributed by atoms with Gasteiger partial charge in [0, 0.05) is 31.6 Å². The second-order valence-electron chi connectivity index (χ2n) is 5.27. The molecule has 0 saturated carbocycles. The van der Waals surface area contributed by atoms with Crippen molar-refractivity contribution in [2.45, 2.75) is 11.3 Å². The van der Waals surface area contributed by atoms with Crippen LogP contribution >= 0.6 is 34.4 Å². The summed E-state index contributed by atoms with van der Waals surface area (Å²) in [6, 6.07) is 0. The fraction of sp³-hybridized carbons (Fsp3) is 0.538. The smallest absolute Gasteiger partial charge is 0.236 e. The highest BCUT2D eigenvalue weighted by Gasteiger charge is 2.18. The lowest BCUT2D eigenvalue weighted by atomic mass is 10.3. The first-order valence-electron chi connectivity index (χ1n) is 7.22. The number of piperazine rings is 1. The Morgan fingerprint density at radius 2 is 2.13 bits per heavy atom. The largest absolute Gasteiger partial charge is 0.344 e. The average molecular weight is 371 g/mol. The quantitative estimate of drug-likeness (QED) is 0.804. The molecule has 10 heteroatoms. The predicted octanol–water partition coefficient (Wildman–Crippen LogP) is 1.79. The Balaban J connectivity index is 1.48. The third-order valence-corrected chi connectivity index (χ3v) is 6.35. The number of anilines is 2. The van der Waals surface area contributed by atoms with Gasteiger partial charge in [0.2, 0.25) is 11.0 Å². The van der Waals surface area contributed by atoms with Gasteiger partial charge in [-0.15, -0.1) is 21.5 Å². The summed E-state index contributed by atoms with van der Waals surface area (Å²) in [6.07, 6.45) is 0. The van der Waals surface area contributed by atoms with Crippen molar-refractivity contribution in [2.24, 2.45) is 0 Å². The van der Waals surface area contributed by atoms with Gasteiger partial charge in [0.05, 0.1) is 11.4 Å². The van der Waals surface area contributed by atoms with Gasteiger partial charge in [0.25, 0.3) is 0 Å². The highest BCUT2D eigenvalue weighted by molar-refractivity contribution is 8.01. The molecular formula is C13H18N6OS3. The number of likely N-dealkylation sites (N-methyl/N-ethyl adjacent to an activating group) is 1. The lowest BCUT2D eigenvalue weighted by Crippen LogP contribution is -2.44. The minimum atomic E-state index is -0.0688. The summed E-state index contributed by atoms with van der Waals surface area (Å²) >= 11 is 4.40. The van der Waals surface area contributed by atoms with E-state index in [1.54, 1.807) is 11.3 Å². The fourth-order valence-electron chi connectivity index (χ4n) is 2.08. The standard InChI is InChI=1S/C13H18N6OS3/c1-9-7-21-11(14-9)15-10(20)8-22-13-17-16-12(23-13)19-5-3-18(2)4-6-19/h7H,3-6,8H2,1-2H3,(H,14,15,20). The second kappa shape index (κ2) is 7.56. The van der Waals surface area contributed by atoms with E-state index in [1.807, 2.05) is 12.3 Å². The molecule has 124 valence electrons. The predicted molar refractivity (Wildman–Crippen MR) is 95.8 cm³/mol. The molecule has 0 aromatic carbocycles. The first-order chi connectivity index (χ1) is 11.1. The van der Waals surface area contributed by atoms with E-state index in [1.165, 1.54) is 23.1 Å². The molecule has 1 aliphatic rings. The van der Waals surface area contributed by atoms with Crippen molar-refractivity contribution in [3.8, 4) is 0 Å². The first kappa shape index (κ1) is 16.6. The van der Waals surface area contributed by atoms with Gasteiger partial charge in [-0.2, -0.15) is 0 Å². The Morgan fingerprint density at radius 3 is 2.83 bits per heavy atom. The molecule has 1 fully saturated rings. The summed E-state index contributed by atoms with van der Waals surface area (Å²) in [5.41, 5.74) is 0.916. The normalized spacial score (nSPS) is 15.8. The summed E-state index contributed by atoms with van der Waals surface area (Å²) in [6.45, 7) is 5.93. The third-order valence-electron chi connectivity index (χ3n) is 3.36. The zero-order chi connectivity index (χ0) is 16.2. The van der Waals surface area contributed by atoms with E-state index in [4.69, 9.17) is 0 Å². The van der Waals surface area contributed by atoms with E-state index in [2.05, 4.69) is 37.3 Å². The van der Waals surface area contributed by atoms with Crippen LogP contribution in [0.4, 0.5) is 10.3 Å². The lowest BCUT2D eigenvalue weighted by Gasteiger charge is -2.31. The number of rotatable bonds is 5. The number of nitrogens with zero attached hydrogens (tertiary/aromatic N) is 5. The Kier molecular flexibility index (Phi) is 5.46. The second-order valence-corrected chi connectivity index (χ2v) is 8.31. The summed E-state index contributed by atoms with van der Waals surface area (Å²) in [4.78, 5) is 20.7. The van der Waals surface area contributed by atoms with E-state index < -0.39 is 0 Å². The minimum absolute atomic E-state index is 0.0688. The number of hydrogen-bond acceptors (Lipinski definition) is 9. The SMILES string of the molecule is Cc1csc(NC(=O)CSc2nnc(N3CCN(C)CC3)s2)n1. The van der Waals surface area contributed by atoms with E-state index in [9.17, 15) is 4.79 Å². The molecule has 7 nitrogen and oxygen atoms in total. The number of nitrogens with one attached hydrogen (secondary N) is 1. The molecule has 3 heterocycles. The van der Waals surface area contributed by atoms with Crippen LogP contribution in [0.2, 0.25) is 0 Å². The van der Waals surface area contributed by atoms with Crippen LogP contribution in [0, 0.1) is 6.92 Å². The Morgan fingerprint density at radius 1 is 1.35 bits per heavy atom. The average Bonchev–Trinajstić information content (AvgIpc) is 3.15. The van der Waals surface area contributed by atoms with Gasteiger partial charge in [-0.1, -0.05) is 23.1 Å². The van der Waals surface area contributed by atoms with Crippen molar-refractivity contribution >= 4 is 50.6 Å². The molecule has 1 saturated heterocycles. The van der Waals surface area contributed by atoms with Gasteiger partial charge in [0.1, 0.15) is 0 Å². The minimum Gasteiger partial charge on any atom is -0.344 e. The molecule has 2 aromatic heterocycles. The van der Waals surface area contributed by atoms with E-state index in [-0.39, 0.29) is 5.91 Å². The number of amides is 1. The van der Waals surface area contributed by atoms with Crippen molar-refractivity contribution in [1.29, 1.82) is 0 Å². The number of carbonyl (C=O) groups excluding carboxylic acids is 1. The van der Waals surface area contributed by atoms with Gasteiger partial charge in [-0.25, -0.2) is 4.98 Å². The number of carbonyl (C=O) groups is 1. The molecule has 0 atom stereocenters. The Bertz CT molecular complexity index is 664. The molecule has 0 spiro atoms. The van der Waals surface area contributed by atoms with Crippen LogP contribution in [0.15, 0.2) is 9.72 Å². The maximum Gasteiger partial charge on any atom is 0.236 e. The first-order valence-corrected chi connectivity index (χ1v) is 9.90. The van der Waals surface area contributed by atoms with Crippen molar-refractivity contribution in [2.75, 3.05) is 49.2 Å². The Hall–Kier alpha value is -1.23. The zero-order valence-electron chi connectivity index (χ0n) is 13.0. The molecule has 1 aliphatic heterocycles. The maximum atomic E-state index is 11.9. The molecule has 0 radical (unpaired) electrons. The van der Waals surface area contributed by atoms with Crippen LogP contribution in [-0.2, 0) is 4.79 Å². The van der Waals surface area contributed by atoms with Gasteiger partial charge in [-0.05, 0) is 14.0 Å². The molecule has 23 heavy (non-hydrogen) atoms. The summed E-state index contributed by atoms with van der Waals surface area (Å²) in [7, 11) is 2.13. The number of aryl methyl sites for hydroxylation is 1. The van der Waals surface area contributed by atoms with E-state index in [0.29, 0.717) is 10.9 Å². The van der Waals surface area contributed by atoms with Crippen LogP contribution in [-0.4, -0.2) is 65.0 Å². The summed E-state index contributed by atoms with van der Waals surface area (Å²) in [5, 5.41) is 14.7. The number of aromatic nitrogens is 3. The Labute approximate surface area is 147 Å². The number of thioether (sulfide) groups is 1. The van der Waals surface area contributed by atoms with Gasteiger partial charge in [0.15, 0.2) is 9.47 Å². The molecule has 1 amide bonds. The molecule has 1 N–H and O–H groups in total. The van der Waals surface area contributed by atoms with E-state index in [0.717, 1.165) is 41.3 Å². The zero-order valence-corrected chi connectivity index (χ0v) is 15.4. The van der Waals surface area contributed by atoms with Crippen molar-refractivity contribution in [3.63, 3.8) is 0 Å². The topological polar surface area (TPSA) is 74.2 Å². The van der Waals surface area contributed by atoms with Crippen molar-refractivity contribution in [3.05, 3.63) is 11.1 Å². The monoisotopic (exact) mass is 370 g/mol. The van der Waals surface area contributed by atoms with Gasteiger partial charge < -0.3 is 15.1 Å². The molecule has 2 aromatic rings. The van der Waals surface area contributed by atoms with Crippen molar-refractivity contribution < 1.29 is 4.79 Å². The number of thiazole rings is 1. The fourth-order valence-corrected chi connectivity index (χ4v) is 4.48. The van der Waals surface area contributed by atoms with Crippen LogP contribution in [0.3, 0.4) is 0 Å². The maximum absolute atomic E-state index is 11.9. The van der Waals surface area contributed by atoms with E-state index >= 15 is 0 Å². The van der Waals surface area contributed by atoms with Crippen LogP contribution in [0.1, 0.15) is 5.69 Å². The van der Waals surface area contributed by atoms with Gasteiger partial charge in [-0.3, -0.25) is 4.79 Å². The van der Waals surface area contributed by atoms with Crippen LogP contribution < -0.4 is 10.2 Å². The summed E-state index contributed by atoms with van der Waals surface area (Å²) in [5.74, 6) is 0.247. The molecular weight excluding hydrogens is 352 g/mol. The van der Waals surface area contributed by atoms with Crippen molar-refractivity contribution in [1.82, 2.24) is 20.1 Å². The lowest BCUT2D eigenvalue weighted by molar-refractivity contribution is -0.113. The molecule has 0 unspecified atom stereocenters. The molecule has 0 aliphatic carbocycles.